The van der Waals surface area contributed by atoms with Crippen molar-refractivity contribution in [2.75, 3.05) is 6.54 Å². The molecule has 2 heterocycles. The largest absolute Gasteiger partial charge is 0.471 e. The normalized spacial score (nSPS) is 11.4. The van der Waals surface area contributed by atoms with Crippen molar-refractivity contribution < 1.29 is 22.7 Å². The first kappa shape index (κ1) is 20.4. The average Bonchev–Trinajstić information content (AvgIpc) is 3.32. The summed E-state index contributed by atoms with van der Waals surface area (Å²) in [7, 11) is 0. The molecule has 0 spiro atoms. The summed E-state index contributed by atoms with van der Waals surface area (Å²) in [6.45, 7) is 3.00. The van der Waals surface area contributed by atoms with Crippen LogP contribution in [0.25, 0.3) is 0 Å². The van der Waals surface area contributed by atoms with Gasteiger partial charge in [-0.3, -0.25) is 9.48 Å². The maximum atomic E-state index is 12.7. The summed E-state index contributed by atoms with van der Waals surface area (Å²) < 4.78 is 46.7. The molecule has 29 heavy (non-hydrogen) atoms. The third-order valence-corrected chi connectivity index (χ3v) is 4.16. The number of aryl methyl sites for hydroxylation is 2. The SMILES string of the molecule is Cc1ccnn1CCCNC(=O)c1ccn(COc2cccc(C(F)(F)F)c2)n1. The molecule has 1 N–H and O–H groups in total. The van der Waals surface area contributed by atoms with Crippen LogP contribution in [0.2, 0.25) is 0 Å². The quantitative estimate of drug-likeness (QED) is 0.582. The number of benzene rings is 1. The van der Waals surface area contributed by atoms with Gasteiger partial charge in [-0.25, -0.2) is 4.68 Å². The molecule has 0 fully saturated rings. The molecule has 0 saturated carbocycles. The highest BCUT2D eigenvalue weighted by atomic mass is 19.4. The number of amides is 1. The zero-order chi connectivity index (χ0) is 20.9. The first-order valence-corrected chi connectivity index (χ1v) is 8.93. The van der Waals surface area contributed by atoms with Crippen LogP contribution >= 0.6 is 0 Å². The Bertz CT molecular complexity index is 965. The van der Waals surface area contributed by atoms with Crippen molar-refractivity contribution in [3.63, 3.8) is 0 Å². The van der Waals surface area contributed by atoms with Gasteiger partial charge in [0.15, 0.2) is 6.73 Å². The van der Waals surface area contributed by atoms with E-state index in [1.54, 1.807) is 6.20 Å². The Hall–Kier alpha value is -3.30. The molecule has 0 saturated heterocycles. The molecule has 0 unspecified atom stereocenters. The zero-order valence-corrected chi connectivity index (χ0v) is 15.7. The van der Waals surface area contributed by atoms with Crippen LogP contribution in [0, 0.1) is 6.92 Å². The average molecular weight is 407 g/mol. The monoisotopic (exact) mass is 407 g/mol. The van der Waals surface area contributed by atoms with Crippen molar-refractivity contribution in [1.82, 2.24) is 24.9 Å². The zero-order valence-electron chi connectivity index (χ0n) is 15.7. The lowest BCUT2D eigenvalue weighted by molar-refractivity contribution is -0.137. The summed E-state index contributed by atoms with van der Waals surface area (Å²) in [6.07, 6.45) is -0.475. The number of hydrogen-bond acceptors (Lipinski definition) is 4. The van der Waals surface area contributed by atoms with E-state index in [-0.39, 0.29) is 24.1 Å². The van der Waals surface area contributed by atoms with Crippen molar-refractivity contribution in [2.45, 2.75) is 32.8 Å². The molecule has 0 aliphatic heterocycles. The Morgan fingerprint density at radius 1 is 1.24 bits per heavy atom. The van der Waals surface area contributed by atoms with Crippen LogP contribution in [-0.2, 0) is 19.5 Å². The second kappa shape index (κ2) is 8.80. The van der Waals surface area contributed by atoms with Crippen LogP contribution in [0.3, 0.4) is 0 Å². The fraction of sp³-hybridized carbons (Fsp3) is 0.316. The molecule has 1 amide bonds. The Kier molecular flexibility index (Phi) is 6.20. The fourth-order valence-corrected chi connectivity index (χ4v) is 2.61. The van der Waals surface area contributed by atoms with Gasteiger partial charge in [-0.15, -0.1) is 0 Å². The van der Waals surface area contributed by atoms with Crippen LogP contribution < -0.4 is 10.1 Å². The first-order chi connectivity index (χ1) is 13.8. The van der Waals surface area contributed by atoms with E-state index in [0.717, 1.165) is 17.8 Å². The summed E-state index contributed by atoms with van der Waals surface area (Å²) in [4.78, 5) is 12.1. The second-order valence-corrected chi connectivity index (χ2v) is 6.34. The fourth-order valence-electron chi connectivity index (χ4n) is 2.61. The van der Waals surface area contributed by atoms with E-state index in [0.29, 0.717) is 19.5 Å². The van der Waals surface area contributed by atoms with E-state index in [1.807, 2.05) is 17.7 Å². The van der Waals surface area contributed by atoms with Gasteiger partial charge in [0.05, 0.1) is 5.56 Å². The molecule has 154 valence electrons. The van der Waals surface area contributed by atoms with Crippen LogP contribution in [-0.4, -0.2) is 32.0 Å². The topological polar surface area (TPSA) is 74.0 Å². The van der Waals surface area contributed by atoms with Crippen LogP contribution in [0.1, 0.15) is 28.2 Å². The molecular formula is C19H20F3N5O2. The molecule has 1 aromatic carbocycles. The van der Waals surface area contributed by atoms with Gasteiger partial charge in [0.1, 0.15) is 11.4 Å². The van der Waals surface area contributed by atoms with Crippen molar-refractivity contribution in [3.05, 3.63) is 65.7 Å². The number of hydrogen-bond donors (Lipinski definition) is 1. The molecule has 0 radical (unpaired) electrons. The summed E-state index contributed by atoms with van der Waals surface area (Å²) >= 11 is 0. The predicted octanol–water partition coefficient (Wildman–Crippen LogP) is 3.26. The van der Waals surface area contributed by atoms with E-state index in [1.165, 1.54) is 29.1 Å². The summed E-state index contributed by atoms with van der Waals surface area (Å²) in [6, 6.07) is 8.00. The van der Waals surface area contributed by atoms with Gasteiger partial charge < -0.3 is 10.1 Å². The predicted molar refractivity (Wildman–Crippen MR) is 98.2 cm³/mol. The minimum absolute atomic E-state index is 0.0650. The number of carbonyl (C=O) groups excluding carboxylic acids is 1. The molecule has 10 heteroatoms. The van der Waals surface area contributed by atoms with E-state index in [9.17, 15) is 18.0 Å². The Morgan fingerprint density at radius 3 is 2.79 bits per heavy atom. The molecule has 3 rings (SSSR count). The maximum Gasteiger partial charge on any atom is 0.416 e. The van der Waals surface area contributed by atoms with Gasteiger partial charge >= 0.3 is 6.18 Å². The lowest BCUT2D eigenvalue weighted by Crippen LogP contribution is -2.26. The number of nitrogens with zero attached hydrogens (tertiary/aromatic N) is 4. The third kappa shape index (κ3) is 5.59. The molecule has 0 aliphatic carbocycles. The number of rotatable bonds is 8. The van der Waals surface area contributed by atoms with Crippen molar-refractivity contribution in [1.29, 1.82) is 0 Å². The van der Waals surface area contributed by atoms with Crippen molar-refractivity contribution in [3.8, 4) is 5.75 Å². The maximum absolute atomic E-state index is 12.7. The number of carbonyl (C=O) groups is 1. The van der Waals surface area contributed by atoms with E-state index in [4.69, 9.17) is 4.74 Å². The van der Waals surface area contributed by atoms with E-state index in [2.05, 4.69) is 15.5 Å². The van der Waals surface area contributed by atoms with Gasteiger partial charge in [0.25, 0.3) is 5.91 Å². The number of halogens is 3. The molecule has 0 bridgehead atoms. The highest BCUT2D eigenvalue weighted by Gasteiger charge is 2.30. The van der Waals surface area contributed by atoms with Gasteiger partial charge in [-0.05, 0) is 43.7 Å². The standard InChI is InChI=1S/C19H20F3N5O2/c1-14-6-9-24-27(14)10-3-8-23-18(28)17-7-11-26(25-17)13-29-16-5-2-4-15(12-16)19(20,21)22/h2,4-7,9,11-12H,3,8,10,13H2,1H3,(H,23,28). The molecule has 2 aromatic heterocycles. The van der Waals surface area contributed by atoms with Crippen LogP contribution in [0.4, 0.5) is 13.2 Å². The first-order valence-electron chi connectivity index (χ1n) is 8.93. The number of alkyl halides is 3. The van der Waals surface area contributed by atoms with Gasteiger partial charge in [0, 0.05) is 31.2 Å². The Balaban J connectivity index is 1.46. The number of aromatic nitrogens is 4. The van der Waals surface area contributed by atoms with E-state index >= 15 is 0 Å². The molecule has 0 aliphatic rings. The molecule has 3 aromatic rings. The number of ether oxygens (including phenoxy) is 1. The van der Waals surface area contributed by atoms with Crippen LogP contribution in [0.5, 0.6) is 5.75 Å². The highest BCUT2D eigenvalue weighted by molar-refractivity contribution is 5.92. The minimum atomic E-state index is -4.44. The lowest BCUT2D eigenvalue weighted by Gasteiger charge is -2.10. The lowest BCUT2D eigenvalue weighted by atomic mass is 10.2. The Morgan fingerprint density at radius 2 is 2.07 bits per heavy atom. The Labute approximate surface area is 165 Å². The summed E-state index contributed by atoms with van der Waals surface area (Å²) in [5.74, 6) is -0.268. The van der Waals surface area contributed by atoms with Crippen LogP contribution in [0.15, 0.2) is 48.8 Å². The smallest absolute Gasteiger partial charge is 0.416 e. The van der Waals surface area contributed by atoms with Gasteiger partial charge in [-0.2, -0.15) is 23.4 Å². The third-order valence-electron chi connectivity index (χ3n) is 4.16. The van der Waals surface area contributed by atoms with Crippen molar-refractivity contribution >= 4 is 5.91 Å². The van der Waals surface area contributed by atoms with E-state index < -0.39 is 11.7 Å². The van der Waals surface area contributed by atoms with Crippen molar-refractivity contribution in [2.24, 2.45) is 0 Å². The molecule has 0 atom stereocenters. The summed E-state index contributed by atoms with van der Waals surface area (Å²) in [5, 5.41) is 11.0. The van der Waals surface area contributed by atoms with Gasteiger partial charge in [0.2, 0.25) is 0 Å². The van der Waals surface area contributed by atoms with Gasteiger partial charge in [-0.1, -0.05) is 6.07 Å². The minimum Gasteiger partial charge on any atom is -0.471 e. The molecular weight excluding hydrogens is 387 g/mol. The second-order valence-electron chi connectivity index (χ2n) is 6.34. The number of nitrogens with one attached hydrogen (secondary N) is 1. The summed E-state index contributed by atoms with van der Waals surface area (Å²) in [5.41, 5.74) is 0.463. The highest BCUT2D eigenvalue weighted by Crippen LogP contribution is 2.31. The molecule has 7 nitrogen and oxygen atoms in total.